The van der Waals surface area contributed by atoms with Gasteiger partial charge in [0.25, 0.3) is 21.4 Å². The van der Waals surface area contributed by atoms with Gasteiger partial charge in [0.2, 0.25) is 10.0 Å². The first-order valence-electron chi connectivity index (χ1n) is 19.9. The van der Waals surface area contributed by atoms with Crippen LogP contribution < -0.4 is 10.0 Å². The number of sulfonamides is 2. The molecule has 0 aliphatic rings. The maximum Gasteiger partial charge on any atom is 0.424 e. The molecule has 2 N–H and O–H groups in total. The molecule has 0 aromatic heterocycles. The average molecular weight is 924 g/mol. The zero-order valence-electron chi connectivity index (χ0n) is 35.2. The minimum absolute atomic E-state index is 0.00445. The summed E-state index contributed by atoms with van der Waals surface area (Å²) in [6, 6.07) is 25.3. The van der Waals surface area contributed by atoms with Crippen LogP contribution in [0.2, 0.25) is 0 Å². The Morgan fingerprint density at radius 3 is 1.78 bits per heavy atom. The van der Waals surface area contributed by atoms with Gasteiger partial charge >= 0.3 is 18.2 Å². The van der Waals surface area contributed by atoms with E-state index in [1.54, 1.807) is 75.4 Å². The number of hydrogen-bond donors (Lipinski definition) is 2. The summed E-state index contributed by atoms with van der Waals surface area (Å²) < 4.78 is 74.2. The lowest BCUT2D eigenvalue weighted by molar-refractivity contribution is -0.388. The Balaban J connectivity index is 1.60. The molecule has 0 unspecified atom stereocenters. The minimum Gasteiger partial charge on any atom is -0.460 e. The number of nitrogens with zero attached hydrogens (tertiary/aromatic N) is 3. The van der Waals surface area contributed by atoms with Gasteiger partial charge in [0.1, 0.15) is 18.8 Å². The maximum absolute atomic E-state index is 14.0. The summed E-state index contributed by atoms with van der Waals surface area (Å²) in [5, 5.41) is 26.2. The fourth-order valence-corrected chi connectivity index (χ4v) is 8.93. The number of esters is 1. The van der Waals surface area contributed by atoms with E-state index in [0.717, 1.165) is 29.8 Å². The third-order valence-electron chi connectivity index (χ3n) is 9.03. The van der Waals surface area contributed by atoms with Gasteiger partial charge in [0.05, 0.1) is 15.8 Å². The van der Waals surface area contributed by atoms with Crippen LogP contribution in [0.25, 0.3) is 0 Å². The van der Waals surface area contributed by atoms with Gasteiger partial charge in [-0.25, -0.2) is 35.5 Å². The predicted molar refractivity (Wildman–Crippen MR) is 232 cm³/mol. The van der Waals surface area contributed by atoms with Gasteiger partial charge in [-0.3, -0.25) is 25.0 Å². The zero-order chi connectivity index (χ0) is 46.9. The van der Waals surface area contributed by atoms with E-state index in [1.165, 1.54) is 36.4 Å². The molecule has 0 heterocycles. The number of hydrogen-bond acceptors (Lipinski definition) is 14. The van der Waals surface area contributed by atoms with Crippen LogP contribution in [0.1, 0.15) is 57.6 Å². The lowest BCUT2D eigenvalue weighted by Gasteiger charge is -2.25. The summed E-state index contributed by atoms with van der Waals surface area (Å²) in [5.74, 6) is -1.99. The van der Waals surface area contributed by atoms with Crippen molar-refractivity contribution in [3.05, 3.63) is 153 Å². The molecule has 2 atom stereocenters. The number of rotatable bonds is 22. The lowest BCUT2D eigenvalue weighted by Crippen LogP contribution is -2.38. The van der Waals surface area contributed by atoms with Crippen molar-refractivity contribution in [3.8, 4) is 0 Å². The van der Waals surface area contributed by atoms with E-state index in [2.05, 4.69) is 10.0 Å². The summed E-state index contributed by atoms with van der Waals surface area (Å²) in [6.45, 7) is 3.90. The van der Waals surface area contributed by atoms with Crippen molar-refractivity contribution in [2.24, 2.45) is 5.92 Å². The first kappa shape index (κ1) is 49.9. The Morgan fingerprint density at radius 2 is 1.22 bits per heavy atom. The fraction of sp³-hybridized carbons (Fsp3) is 0.326. The normalized spacial score (nSPS) is 12.7. The van der Waals surface area contributed by atoms with Gasteiger partial charge in [-0.05, 0) is 69.7 Å². The van der Waals surface area contributed by atoms with Gasteiger partial charge < -0.3 is 19.5 Å². The summed E-state index contributed by atoms with van der Waals surface area (Å²) in [5.41, 5.74) is -1.20. The summed E-state index contributed by atoms with van der Waals surface area (Å²) >= 11 is 0. The third kappa shape index (κ3) is 15.3. The van der Waals surface area contributed by atoms with E-state index >= 15 is 0 Å². The Morgan fingerprint density at radius 1 is 0.703 bits per heavy atom. The van der Waals surface area contributed by atoms with E-state index in [1.807, 2.05) is 6.07 Å². The highest BCUT2D eigenvalue weighted by atomic mass is 32.2. The quantitative estimate of drug-likeness (QED) is 0.0198. The van der Waals surface area contributed by atoms with Crippen LogP contribution in [0.15, 0.2) is 131 Å². The van der Waals surface area contributed by atoms with Gasteiger partial charge in [0.15, 0.2) is 9.79 Å². The molecule has 0 bridgehead atoms. The predicted octanol–water partition coefficient (Wildman–Crippen LogP) is 7.18. The SMILES string of the molecule is CC(C)(C)OC(=O)[C@@H](/C=C/[C@H](CCCNC(=O)OCc1ccccc1)NS(=O)(=O)c1ccccc1[N+](=O)[O-])CCCN(C(=O)OCc1ccccc1)S(=O)(=O)c1ccccc1[N+](=O)[O-]. The number of amides is 2. The molecular weight excluding hydrogens is 875 g/mol. The number of para-hydroxylation sites is 2. The molecule has 4 rings (SSSR count). The Hall–Kier alpha value is -6.71. The Bertz CT molecular complexity index is 2500. The molecule has 4 aromatic rings. The van der Waals surface area contributed by atoms with Crippen molar-refractivity contribution in [3.63, 3.8) is 0 Å². The Kier molecular flexibility index (Phi) is 18.0. The molecule has 0 aliphatic heterocycles. The lowest BCUT2D eigenvalue weighted by atomic mass is 10.00. The standard InChI is InChI=1S/C43H49N5O14S2/c1-43(2,3)62-40(49)34(20-15-29-46(42(51)61-31-33-18-8-5-9-19-33)64(58,59)39-25-13-11-23-37(39)48(54)55)26-27-35(45-63(56,57)38-24-12-10-22-36(38)47(52)53)21-14-28-44-41(50)60-30-32-16-6-4-7-17-32/h4-13,16-19,22-27,34-35,45H,14-15,20-21,28-31H2,1-3H3,(H,44,50)/b27-26+/t34-,35+/m1/s1. The minimum atomic E-state index is -4.93. The van der Waals surface area contributed by atoms with E-state index in [0.29, 0.717) is 9.87 Å². The highest BCUT2D eigenvalue weighted by Crippen LogP contribution is 2.29. The van der Waals surface area contributed by atoms with Crippen LogP contribution in [-0.4, -0.2) is 73.9 Å². The third-order valence-corrected chi connectivity index (χ3v) is 12.4. The van der Waals surface area contributed by atoms with Crippen LogP contribution in [0.5, 0.6) is 0 Å². The van der Waals surface area contributed by atoms with Crippen LogP contribution in [-0.2, 0) is 52.3 Å². The van der Waals surface area contributed by atoms with Crippen molar-refractivity contribution in [2.45, 2.75) is 81.1 Å². The van der Waals surface area contributed by atoms with Crippen molar-refractivity contribution in [1.82, 2.24) is 14.3 Å². The summed E-state index contributed by atoms with van der Waals surface area (Å²) in [7, 11) is -9.51. The highest BCUT2D eigenvalue weighted by molar-refractivity contribution is 7.90. The van der Waals surface area contributed by atoms with E-state index < -0.39 is 93.3 Å². The van der Waals surface area contributed by atoms with E-state index in [-0.39, 0.29) is 45.4 Å². The molecule has 64 heavy (non-hydrogen) atoms. The number of alkyl carbamates (subject to hydrolysis) is 1. The van der Waals surface area contributed by atoms with E-state index in [4.69, 9.17) is 14.2 Å². The number of carbonyl (C=O) groups is 3. The van der Waals surface area contributed by atoms with Gasteiger partial charge in [-0.15, -0.1) is 0 Å². The summed E-state index contributed by atoms with van der Waals surface area (Å²) in [4.78, 5) is 60.0. The first-order valence-corrected chi connectivity index (χ1v) is 22.8. The smallest absolute Gasteiger partial charge is 0.424 e. The molecule has 21 heteroatoms. The fourth-order valence-electron chi connectivity index (χ4n) is 6.02. The number of nitro groups is 2. The molecular formula is C43H49N5O14S2. The first-order chi connectivity index (χ1) is 30.3. The van der Waals surface area contributed by atoms with Crippen molar-refractivity contribution < 1.29 is 55.3 Å². The van der Waals surface area contributed by atoms with Crippen LogP contribution in [0, 0.1) is 26.1 Å². The molecule has 0 saturated heterocycles. The van der Waals surface area contributed by atoms with Crippen molar-refractivity contribution >= 4 is 49.6 Å². The zero-order valence-corrected chi connectivity index (χ0v) is 36.9. The van der Waals surface area contributed by atoms with Crippen molar-refractivity contribution in [1.29, 1.82) is 0 Å². The molecule has 4 aromatic carbocycles. The van der Waals surface area contributed by atoms with Crippen LogP contribution in [0.4, 0.5) is 21.0 Å². The number of nitro benzene ring substituents is 2. The number of ether oxygens (including phenoxy) is 3. The van der Waals surface area contributed by atoms with Crippen LogP contribution >= 0.6 is 0 Å². The van der Waals surface area contributed by atoms with Gasteiger partial charge in [-0.1, -0.05) is 97.1 Å². The monoisotopic (exact) mass is 923 g/mol. The average Bonchev–Trinajstić information content (AvgIpc) is 3.25. The molecule has 2 amide bonds. The molecule has 0 aliphatic carbocycles. The highest BCUT2D eigenvalue weighted by Gasteiger charge is 2.36. The van der Waals surface area contributed by atoms with Crippen LogP contribution in [0.3, 0.4) is 0 Å². The van der Waals surface area contributed by atoms with Gasteiger partial charge in [0, 0.05) is 31.3 Å². The van der Waals surface area contributed by atoms with Gasteiger partial charge in [-0.2, -0.15) is 0 Å². The number of benzene rings is 4. The molecule has 342 valence electrons. The second-order valence-electron chi connectivity index (χ2n) is 15.1. The molecule has 0 radical (unpaired) electrons. The summed E-state index contributed by atoms with van der Waals surface area (Å²) in [6.07, 6.45) is 0.314. The number of nitrogens with one attached hydrogen (secondary N) is 2. The molecule has 0 saturated carbocycles. The molecule has 0 fully saturated rings. The number of carbonyl (C=O) groups excluding carboxylic acids is 3. The Labute approximate surface area is 370 Å². The topological polar surface area (TPSA) is 261 Å². The van der Waals surface area contributed by atoms with E-state index in [9.17, 15) is 51.4 Å². The largest absolute Gasteiger partial charge is 0.460 e. The molecule has 0 spiro atoms. The molecule has 19 nitrogen and oxygen atoms in total. The van der Waals surface area contributed by atoms with Crippen molar-refractivity contribution in [2.75, 3.05) is 13.1 Å². The second kappa shape index (κ2) is 23.1. The maximum atomic E-state index is 14.0. The second-order valence-corrected chi connectivity index (χ2v) is 18.6.